The average Bonchev–Trinajstić information content (AvgIpc) is 3.34. The highest BCUT2D eigenvalue weighted by Gasteiger charge is 2.45. The highest BCUT2D eigenvalue weighted by molar-refractivity contribution is 5.97. The number of hydrogen-bond donors (Lipinski definition) is 1. The summed E-state index contributed by atoms with van der Waals surface area (Å²) in [5, 5.41) is 3.47. The van der Waals surface area contributed by atoms with Crippen molar-refractivity contribution in [3.05, 3.63) is 82.2 Å². The van der Waals surface area contributed by atoms with Gasteiger partial charge in [-0.2, -0.15) is 0 Å². The van der Waals surface area contributed by atoms with Crippen LogP contribution in [0.3, 0.4) is 0 Å². The first-order valence-electron chi connectivity index (χ1n) is 11.5. The molecule has 0 unspecified atom stereocenters. The van der Waals surface area contributed by atoms with Crippen LogP contribution in [0.1, 0.15) is 17.0 Å². The molecule has 0 saturated carbocycles. The lowest BCUT2D eigenvalue weighted by atomic mass is 9.87. The standard InChI is InChI=1S/C28H25NO8/c1-32-17-11-9-16(10-12-17)29-27(30)26-22(15-13-20(33-2)25(35-4)21(14-15)34-3)23-24(37-26)18-7-5-6-8-19(18)36-28(23)31/h5-14,22,26H,1-4H3,(H,29,30)/t22-,26+/m1/s1. The second kappa shape index (κ2) is 9.77. The van der Waals surface area contributed by atoms with Gasteiger partial charge in [0.25, 0.3) is 5.91 Å². The summed E-state index contributed by atoms with van der Waals surface area (Å²) in [7, 11) is 6.06. The fourth-order valence-electron chi connectivity index (χ4n) is 4.59. The molecule has 1 aliphatic rings. The van der Waals surface area contributed by atoms with E-state index in [0.717, 1.165) is 0 Å². The summed E-state index contributed by atoms with van der Waals surface area (Å²) in [6.45, 7) is 0. The van der Waals surface area contributed by atoms with Gasteiger partial charge in [-0.05, 0) is 54.1 Å². The summed E-state index contributed by atoms with van der Waals surface area (Å²) in [4.78, 5) is 26.9. The van der Waals surface area contributed by atoms with Gasteiger partial charge in [0.15, 0.2) is 17.6 Å². The van der Waals surface area contributed by atoms with Gasteiger partial charge in [0.1, 0.15) is 17.1 Å². The highest BCUT2D eigenvalue weighted by Crippen LogP contribution is 2.48. The second-order valence-electron chi connectivity index (χ2n) is 8.32. The summed E-state index contributed by atoms with van der Waals surface area (Å²) in [5.74, 6) is 0.848. The van der Waals surface area contributed by atoms with E-state index in [2.05, 4.69) is 5.32 Å². The lowest BCUT2D eigenvalue weighted by Gasteiger charge is -2.21. The van der Waals surface area contributed by atoms with Crippen molar-refractivity contribution < 1.29 is 32.9 Å². The molecule has 0 radical (unpaired) electrons. The minimum Gasteiger partial charge on any atom is -0.497 e. The number of hydrogen-bond acceptors (Lipinski definition) is 8. The maximum atomic E-state index is 13.6. The maximum absolute atomic E-state index is 13.6. The largest absolute Gasteiger partial charge is 0.497 e. The number of amides is 1. The quantitative estimate of drug-likeness (QED) is 0.371. The molecule has 0 bridgehead atoms. The molecule has 1 aromatic heterocycles. The summed E-state index contributed by atoms with van der Waals surface area (Å²) in [5.41, 5.74) is 1.12. The zero-order valence-electron chi connectivity index (χ0n) is 20.7. The van der Waals surface area contributed by atoms with Crippen LogP contribution in [0.2, 0.25) is 0 Å². The number of carbonyl (C=O) groups is 1. The van der Waals surface area contributed by atoms with Crippen LogP contribution in [0.25, 0.3) is 11.0 Å². The van der Waals surface area contributed by atoms with Crippen molar-refractivity contribution in [2.75, 3.05) is 33.8 Å². The van der Waals surface area contributed by atoms with E-state index in [1.165, 1.54) is 21.3 Å². The Bertz CT molecular complexity index is 1500. The van der Waals surface area contributed by atoms with Gasteiger partial charge >= 0.3 is 5.63 Å². The van der Waals surface area contributed by atoms with Crippen LogP contribution in [0.5, 0.6) is 28.7 Å². The van der Waals surface area contributed by atoms with E-state index in [0.29, 0.717) is 51.0 Å². The highest BCUT2D eigenvalue weighted by atomic mass is 16.5. The molecule has 3 aromatic carbocycles. The fraction of sp³-hybridized carbons (Fsp3) is 0.214. The Morgan fingerprint density at radius 1 is 0.865 bits per heavy atom. The lowest BCUT2D eigenvalue weighted by Crippen LogP contribution is -2.35. The molecule has 0 aliphatic carbocycles. The van der Waals surface area contributed by atoms with Gasteiger partial charge in [-0.25, -0.2) is 4.79 Å². The molecule has 2 heterocycles. The minimum atomic E-state index is -1.09. The van der Waals surface area contributed by atoms with E-state index < -0.39 is 23.6 Å². The second-order valence-corrected chi connectivity index (χ2v) is 8.32. The number of methoxy groups -OCH3 is 4. The number of ether oxygens (including phenoxy) is 5. The van der Waals surface area contributed by atoms with E-state index >= 15 is 0 Å². The molecule has 9 heteroatoms. The number of nitrogens with one attached hydrogen (secondary N) is 1. The minimum absolute atomic E-state index is 0.239. The molecule has 9 nitrogen and oxygen atoms in total. The molecule has 5 rings (SSSR count). The summed E-state index contributed by atoms with van der Waals surface area (Å²) < 4.78 is 33.5. The van der Waals surface area contributed by atoms with E-state index in [1.807, 2.05) is 6.07 Å². The molecule has 190 valence electrons. The monoisotopic (exact) mass is 503 g/mol. The van der Waals surface area contributed by atoms with E-state index in [1.54, 1.807) is 61.7 Å². The number of benzene rings is 3. The zero-order valence-corrected chi connectivity index (χ0v) is 20.7. The number of para-hydroxylation sites is 1. The summed E-state index contributed by atoms with van der Waals surface area (Å²) in [6, 6.07) is 17.3. The Hall–Kier alpha value is -4.66. The van der Waals surface area contributed by atoms with Crippen LogP contribution in [0, 0.1) is 0 Å². The molecular weight excluding hydrogens is 478 g/mol. The topological polar surface area (TPSA) is 105 Å². The third kappa shape index (κ3) is 4.18. The van der Waals surface area contributed by atoms with E-state index in [4.69, 9.17) is 28.1 Å². The predicted molar refractivity (Wildman–Crippen MR) is 136 cm³/mol. The summed E-state index contributed by atoms with van der Waals surface area (Å²) in [6.07, 6.45) is -1.09. The third-order valence-electron chi connectivity index (χ3n) is 6.32. The first kappa shape index (κ1) is 24.1. The molecule has 4 aromatic rings. The average molecular weight is 504 g/mol. The molecule has 0 spiro atoms. The normalized spacial score (nSPS) is 16.0. The number of rotatable bonds is 7. The Morgan fingerprint density at radius 3 is 2.16 bits per heavy atom. The van der Waals surface area contributed by atoms with Crippen molar-refractivity contribution in [1.82, 2.24) is 0 Å². The Labute approximate surface area is 212 Å². The summed E-state index contributed by atoms with van der Waals surface area (Å²) >= 11 is 0. The molecule has 37 heavy (non-hydrogen) atoms. The van der Waals surface area contributed by atoms with Crippen LogP contribution in [-0.4, -0.2) is 40.5 Å². The molecule has 1 amide bonds. The maximum Gasteiger partial charge on any atom is 0.344 e. The number of carbonyl (C=O) groups excluding carboxylic acids is 1. The van der Waals surface area contributed by atoms with Crippen LogP contribution < -0.4 is 34.6 Å². The van der Waals surface area contributed by atoms with Gasteiger partial charge < -0.3 is 33.4 Å². The van der Waals surface area contributed by atoms with Crippen molar-refractivity contribution in [2.45, 2.75) is 12.0 Å². The van der Waals surface area contributed by atoms with E-state index in [9.17, 15) is 9.59 Å². The first-order chi connectivity index (χ1) is 18.0. The van der Waals surface area contributed by atoms with Crippen molar-refractivity contribution in [3.63, 3.8) is 0 Å². The smallest absolute Gasteiger partial charge is 0.344 e. The molecular formula is C28H25NO8. The van der Waals surface area contributed by atoms with Crippen LogP contribution in [0.4, 0.5) is 5.69 Å². The first-order valence-corrected chi connectivity index (χ1v) is 11.5. The third-order valence-corrected chi connectivity index (χ3v) is 6.32. The SMILES string of the molecule is COc1ccc(NC(=O)[C@H]2Oc3c(c(=O)oc4ccccc34)[C@H]2c2cc(OC)c(OC)c(OC)c2)cc1. The van der Waals surface area contributed by atoms with Crippen LogP contribution >= 0.6 is 0 Å². The Balaban J connectivity index is 1.66. The van der Waals surface area contributed by atoms with Gasteiger partial charge in [-0.15, -0.1) is 0 Å². The van der Waals surface area contributed by atoms with Crippen molar-refractivity contribution in [2.24, 2.45) is 0 Å². The number of anilines is 1. The van der Waals surface area contributed by atoms with Crippen molar-refractivity contribution in [1.29, 1.82) is 0 Å². The zero-order chi connectivity index (χ0) is 26.1. The van der Waals surface area contributed by atoms with Crippen molar-refractivity contribution >= 4 is 22.6 Å². The van der Waals surface area contributed by atoms with Gasteiger partial charge in [0.05, 0.1) is 45.3 Å². The van der Waals surface area contributed by atoms with Gasteiger partial charge in [-0.1, -0.05) is 12.1 Å². The molecule has 2 atom stereocenters. The molecule has 0 fully saturated rings. The van der Waals surface area contributed by atoms with E-state index in [-0.39, 0.29) is 5.56 Å². The molecule has 0 saturated heterocycles. The van der Waals surface area contributed by atoms with Crippen LogP contribution in [0.15, 0.2) is 69.9 Å². The molecule has 1 N–H and O–H groups in total. The Morgan fingerprint density at radius 2 is 1.54 bits per heavy atom. The number of fused-ring (bicyclic) bond motifs is 3. The van der Waals surface area contributed by atoms with Gasteiger partial charge in [0, 0.05) is 5.69 Å². The molecule has 1 aliphatic heterocycles. The Kier molecular flexibility index (Phi) is 6.35. The van der Waals surface area contributed by atoms with Crippen LogP contribution in [-0.2, 0) is 4.79 Å². The predicted octanol–water partition coefficient (Wildman–Crippen LogP) is 4.36. The van der Waals surface area contributed by atoms with Gasteiger partial charge in [0.2, 0.25) is 5.75 Å². The lowest BCUT2D eigenvalue weighted by molar-refractivity contribution is -0.122. The van der Waals surface area contributed by atoms with Gasteiger partial charge in [-0.3, -0.25) is 4.79 Å². The fourth-order valence-corrected chi connectivity index (χ4v) is 4.59. The van der Waals surface area contributed by atoms with Crippen molar-refractivity contribution in [3.8, 4) is 28.7 Å².